The lowest BCUT2D eigenvalue weighted by Gasteiger charge is -2.17. The predicted octanol–water partition coefficient (Wildman–Crippen LogP) is 4.51. The lowest BCUT2D eigenvalue weighted by molar-refractivity contribution is 0.204. The first-order valence-electron chi connectivity index (χ1n) is 7.40. The van der Waals surface area contributed by atoms with Gasteiger partial charge in [-0.2, -0.15) is 5.10 Å². The second-order valence-electron chi connectivity index (χ2n) is 6.16. The van der Waals surface area contributed by atoms with Crippen LogP contribution < -0.4 is 0 Å². The fourth-order valence-electron chi connectivity index (χ4n) is 2.48. The van der Waals surface area contributed by atoms with E-state index in [9.17, 15) is 5.11 Å². The molecule has 21 heavy (non-hydrogen) atoms. The van der Waals surface area contributed by atoms with Crippen molar-refractivity contribution in [1.29, 1.82) is 0 Å². The predicted molar refractivity (Wildman–Crippen MR) is 89.4 cm³/mol. The molecule has 0 aliphatic heterocycles. The molecule has 2 aromatic rings. The summed E-state index contributed by atoms with van der Waals surface area (Å²) >= 11 is 3.49. The fourth-order valence-corrected chi connectivity index (χ4v) is 2.97. The normalized spacial score (nSPS) is 13.1. The number of halogens is 1. The zero-order chi connectivity index (χ0) is 15.6. The van der Waals surface area contributed by atoms with Crippen LogP contribution in [-0.4, -0.2) is 14.9 Å². The van der Waals surface area contributed by atoms with Gasteiger partial charge in [-0.1, -0.05) is 38.1 Å². The van der Waals surface area contributed by atoms with Gasteiger partial charge in [0.25, 0.3) is 0 Å². The van der Waals surface area contributed by atoms with E-state index < -0.39 is 6.10 Å². The van der Waals surface area contributed by atoms with Gasteiger partial charge in [0.1, 0.15) is 6.10 Å². The van der Waals surface area contributed by atoms with E-state index in [1.807, 2.05) is 16.8 Å². The Morgan fingerprint density at radius 2 is 1.76 bits per heavy atom. The van der Waals surface area contributed by atoms with Crippen LogP contribution in [0.5, 0.6) is 0 Å². The summed E-state index contributed by atoms with van der Waals surface area (Å²) in [5, 5.41) is 15.0. The second kappa shape index (κ2) is 6.75. The Bertz CT molecular complexity index is 587. The van der Waals surface area contributed by atoms with E-state index in [4.69, 9.17) is 0 Å². The Morgan fingerprint density at radius 3 is 2.29 bits per heavy atom. The zero-order valence-corrected chi connectivity index (χ0v) is 14.6. The summed E-state index contributed by atoms with van der Waals surface area (Å²) in [7, 11) is 0. The molecular weight excluding hydrogens is 328 g/mol. The van der Waals surface area contributed by atoms with Crippen molar-refractivity contribution in [2.24, 2.45) is 5.92 Å². The van der Waals surface area contributed by atoms with Crippen molar-refractivity contribution in [3.05, 3.63) is 51.8 Å². The summed E-state index contributed by atoms with van der Waals surface area (Å²) in [4.78, 5) is 0. The Balaban J connectivity index is 2.28. The van der Waals surface area contributed by atoms with Gasteiger partial charge in [-0.05, 0) is 53.2 Å². The molecule has 4 heteroatoms. The zero-order valence-electron chi connectivity index (χ0n) is 13.0. The first-order chi connectivity index (χ1) is 9.90. The number of hydrogen-bond donors (Lipinski definition) is 1. The molecule has 3 nitrogen and oxygen atoms in total. The minimum Gasteiger partial charge on any atom is -0.382 e. The second-order valence-corrected chi connectivity index (χ2v) is 7.01. The average molecular weight is 351 g/mol. The molecule has 0 aliphatic carbocycles. The van der Waals surface area contributed by atoms with Crippen LogP contribution in [0.15, 0.2) is 34.9 Å². The van der Waals surface area contributed by atoms with E-state index in [1.54, 1.807) is 6.20 Å². The number of benzene rings is 1. The standard InChI is InChI=1S/C17H23BrN2O/c1-11(2)9-13-5-7-14(8-6-13)17(21)16-15(18)10-19-20(16)12(3)4/h5-8,10-12,17,21H,9H2,1-4H3. The lowest BCUT2D eigenvalue weighted by atomic mass is 9.99. The maximum atomic E-state index is 10.7. The third kappa shape index (κ3) is 3.74. The molecule has 1 N–H and O–H groups in total. The maximum absolute atomic E-state index is 10.7. The highest BCUT2D eigenvalue weighted by molar-refractivity contribution is 9.10. The number of nitrogens with zero attached hydrogens (tertiary/aromatic N) is 2. The first-order valence-corrected chi connectivity index (χ1v) is 8.19. The van der Waals surface area contributed by atoms with Crippen molar-refractivity contribution >= 4 is 15.9 Å². The molecule has 1 unspecified atom stereocenters. The molecule has 0 spiro atoms. The van der Waals surface area contributed by atoms with E-state index in [-0.39, 0.29) is 6.04 Å². The van der Waals surface area contributed by atoms with Crippen LogP contribution in [0.1, 0.15) is 56.7 Å². The van der Waals surface area contributed by atoms with Crippen molar-refractivity contribution in [3.63, 3.8) is 0 Å². The Morgan fingerprint density at radius 1 is 1.14 bits per heavy atom. The largest absolute Gasteiger partial charge is 0.382 e. The van der Waals surface area contributed by atoms with Gasteiger partial charge in [0.15, 0.2) is 0 Å². The minimum atomic E-state index is -0.669. The van der Waals surface area contributed by atoms with Crippen molar-refractivity contribution in [2.75, 3.05) is 0 Å². The van der Waals surface area contributed by atoms with E-state index in [1.165, 1.54) is 5.56 Å². The van der Waals surface area contributed by atoms with Gasteiger partial charge in [-0.3, -0.25) is 4.68 Å². The van der Waals surface area contributed by atoms with Gasteiger partial charge in [0.05, 0.1) is 16.4 Å². The van der Waals surface area contributed by atoms with Crippen LogP contribution in [0.3, 0.4) is 0 Å². The molecule has 1 heterocycles. The summed E-state index contributed by atoms with van der Waals surface area (Å²) < 4.78 is 2.70. The fraction of sp³-hybridized carbons (Fsp3) is 0.471. The molecule has 1 aromatic heterocycles. The third-order valence-corrected chi connectivity index (χ3v) is 4.09. The highest BCUT2D eigenvalue weighted by Gasteiger charge is 2.20. The summed E-state index contributed by atoms with van der Waals surface area (Å²) in [5.74, 6) is 0.636. The molecule has 0 saturated heterocycles. The SMILES string of the molecule is CC(C)Cc1ccc(C(O)c2c(Br)cnn2C(C)C)cc1. The molecule has 0 radical (unpaired) electrons. The van der Waals surface area contributed by atoms with E-state index in [0.717, 1.165) is 22.2 Å². The summed E-state index contributed by atoms with van der Waals surface area (Å²) in [5.41, 5.74) is 3.00. The number of aliphatic hydroxyl groups excluding tert-OH is 1. The topological polar surface area (TPSA) is 38.1 Å². The molecule has 0 saturated carbocycles. The molecule has 0 fully saturated rings. The van der Waals surface area contributed by atoms with Gasteiger partial charge < -0.3 is 5.11 Å². The smallest absolute Gasteiger partial charge is 0.122 e. The first kappa shape index (κ1) is 16.2. The Kier molecular flexibility index (Phi) is 5.22. The van der Waals surface area contributed by atoms with E-state index in [0.29, 0.717) is 5.92 Å². The van der Waals surface area contributed by atoms with E-state index in [2.05, 4.69) is 60.9 Å². The summed E-state index contributed by atoms with van der Waals surface area (Å²) in [6, 6.07) is 8.42. The molecule has 1 aromatic carbocycles. The summed E-state index contributed by atoms with van der Waals surface area (Å²) in [6.45, 7) is 8.53. The molecule has 0 bridgehead atoms. The molecule has 114 valence electrons. The van der Waals surface area contributed by atoms with Crippen LogP contribution in [-0.2, 0) is 6.42 Å². The average Bonchev–Trinajstić information content (AvgIpc) is 2.80. The number of rotatable bonds is 5. The van der Waals surface area contributed by atoms with Gasteiger partial charge in [0.2, 0.25) is 0 Å². The van der Waals surface area contributed by atoms with Crippen LogP contribution >= 0.6 is 15.9 Å². The van der Waals surface area contributed by atoms with Gasteiger partial charge in [-0.15, -0.1) is 0 Å². The highest BCUT2D eigenvalue weighted by Crippen LogP contribution is 2.30. The van der Waals surface area contributed by atoms with Crippen molar-refractivity contribution in [2.45, 2.75) is 46.3 Å². The van der Waals surface area contributed by atoms with E-state index >= 15 is 0 Å². The van der Waals surface area contributed by atoms with Crippen LogP contribution in [0.4, 0.5) is 0 Å². The summed E-state index contributed by atoms with van der Waals surface area (Å²) in [6.07, 6.45) is 2.13. The molecule has 0 aliphatic rings. The van der Waals surface area contributed by atoms with Gasteiger partial charge in [0, 0.05) is 6.04 Å². The molecule has 1 atom stereocenters. The van der Waals surface area contributed by atoms with Crippen LogP contribution in [0, 0.1) is 5.92 Å². The van der Waals surface area contributed by atoms with Crippen LogP contribution in [0.2, 0.25) is 0 Å². The molecule has 2 rings (SSSR count). The van der Waals surface area contributed by atoms with Crippen LogP contribution in [0.25, 0.3) is 0 Å². The third-order valence-electron chi connectivity index (χ3n) is 3.47. The van der Waals surface area contributed by atoms with Gasteiger partial charge >= 0.3 is 0 Å². The van der Waals surface area contributed by atoms with Crippen molar-refractivity contribution in [3.8, 4) is 0 Å². The Labute approximate surface area is 135 Å². The Hall–Kier alpha value is -1.13. The monoisotopic (exact) mass is 350 g/mol. The van der Waals surface area contributed by atoms with Crippen molar-refractivity contribution < 1.29 is 5.11 Å². The molecule has 0 amide bonds. The molecular formula is C17H23BrN2O. The quantitative estimate of drug-likeness (QED) is 0.861. The minimum absolute atomic E-state index is 0.209. The van der Waals surface area contributed by atoms with Gasteiger partial charge in [-0.25, -0.2) is 0 Å². The van der Waals surface area contributed by atoms with Crippen molar-refractivity contribution in [1.82, 2.24) is 9.78 Å². The maximum Gasteiger partial charge on any atom is 0.122 e. The number of aliphatic hydroxyl groups is 1. The highest BCUT2D eigenvalue weighted by atomic mass is 79.9. The number of hydrogen-bond acceptors (Lipinski definition) is 2. The lowest BCUT2D eigenvalue weighted by Crippen LogP contribution is -2.12. The number of aromatic nitrogens is 2.